The zero-order chi connectivity index (χ0) is 20.2. The van der Waals surface area contributed by atoms with Crippen molar-refractivity contribution in [1.29, 1.82) is 5.26 Å². The Balaban J connectivity index is 2.08. The van der Waals surface area contributed by atoms with E-state index in [4.69, 9.17) is 14.2 Å². The van der Waals surface area contributed by atoms with Crippen LogP contribution in [0.3, 0.4) is 0 Å². The molecule has 0 amide bonds. The molecule has 146 valence electrons. The van der Waals surface area contributed by atoms with E-state index in [1.54, 1.807) is 19.9 Å². The summed E-state index contributed by atoms with van der Waals surface area (Å²) < 4.78 is 20.2. The molecule has 1 aromatic rings. The number of aromatic amines is 1. The van der Waals surface area contributed by atoms with Crippen LogP contribution in [0.4, 0.5) is 4.79 Å². The van der Waals surface area contributed by atoms with E-state index >= 15 is 0 Å². The number of hydrogen-bond donors (Lipinski definition) is 3. The van der Waals surface area contributed by atoms with Gasteiger partial charge in [-0.15, -0.1) is 0 Å². The molecule has 3 N–H and O–H groups in total. The number of carbonyl (C=O) groups is 1. The van der Waals surface area contributed by atoms with E-state index in [2.05, 4.69) is 4.74 Å². The molecule has 27 heavy (non-hydrogen) atoms. The molecule has 0 saturated heterocycles. The summed E-state index contributed by atoms with van der Waals surface area (Å²) in [4.78, 5) is 36.2. The Kier molecular flexibility index (Phi) is 5.88. The van der Waals surface area contributed by atoms with Crippen LogP contribution in [0.5, 0.6) is 0 Å². The molecule has 2 rings (SSSR count). The Labute approximate surface area is 151 Å². The number of rotatable bonds is 6. The maximum atomic E-state index is 11.9. The van der Waals surface area contributed by atoms with Crippen molar-refractivity contribution in [3.05, 3.63) is 44.6 Å². The second-order valence-corrected chi connectivity index (χ2v) is 5.63. The molecule has 1 aliphatic heterocycles. The standard InChI is InChI=1S/C15H17N3O9/c1-8(2)26-14(23)25-7-24-5-9-11(20)12(21)15(6-16,27-9)18-4-3-10(19)17-13(18)22/h3-4,8,12,20-21H,5,7H2,1-2H3,(H,17,19,22)/t12?,15-/m1/s1. The summed E-state index contributed by atoms with van der Waals surface area (Å²) >= 11 is 0. The molecule has 1 aromatic heterocycles. The summed E-state index contributed by atoms with van der Waals surface area (Å²) in [6, 6.07) is 2.54. The zero-order valence-corrected chi connectivity index (χ0v) is 14.4. The molecule has 12 heteroatoms. The van der Waals surface area contributed by atoms with E-state index in [1.165, 1.54) is 0 Å². The summed E-state index contributed by atoms with van der Waals surface area (Å²) in [6.45, 7) is 2.21. The molecule has 0 radical (unpaired) electrons. The number of H-pyrrole nitrogens is 1. The van der Waals surface area contributed by atoms with Crippen LogP contribution in [0, 0.1) is 11.3 Å². The Morgan fingerprint density at radius 2 is 2.22 bits per heavy atom. The van der Waals surface area contributed by atoms with E-state index in [0.717, 1.165) is 12.3 Å². The minimum Gasteiger partial charge on any atom is -0.506 e. The van der Waals surface area contributed by atoms with Crippen LogP contribution in [-0.2, 0) is 24.7 Å². The first kappa shape index (κ1) is 20.0. The van der Waals surface area contributed by atoms with Crippen LogP contribution >= 0.6 is 0 Å². The van der Waals surface area contributed by atoms with Crippen LogP contribution in [0.25, 0.3) is 0 Å². The van der Waals surface area contributed by atoms with Crippen LogP contribution in [0.1, 0.15) is 13.8 Å². The third kappa shape index (κ3) is 4.10. The van der Waals surface area contributed by atoms with Crippen molar-refractivity contribution in [2.45, 2.75) is 31.8 Å². The summed E-state index contributed by atoms with van der Waals surface area (Å²) in [6.07, 6.45) is -2.35. The first-order chi connectivity index (χ1) is 12.7. The lowest BCUT2D eigenvalue weighted by Gasteiger charge is -2.26. The van der Waals surface area contributed by atoms with Gasteiger partial charge in [-0.25, -0.2) is 14.2 Å². The number of ether oxygens (including phenoxy) is 4. The quantitative estimate of drug-likeness (QED) is 0.327. The van der Waals surface area contributed by atoms with Gasteiger partial charge in [0.15, 0.2) is 24.4 Å². The Bertz CT molecular complexity index is 895. The van der Waals surface area contributed by atoms with Crippen molar-refractivity contribution in [3.63, 3.8) is 0 Å². The maximum absolute atomic E-state index is 11.9. The normalized spacial score (nSPS) is 21.7. The van der Waals surface area contributed by atoms with Crippen molar-refractivity contribution in [1.82, 2.24) is 9.55 Å². The van der Waals surface area contributed by atoms with Crippen molar-refractivity contribution in [3.8, 4) is 6.07 Å². The number of nitrogens with zero attached hydrogens (tertiary/aromatic N) is 2. The zero-order valence-electron chi connectivity index (χ0n) is 14.4. The SMILES string of the molecule is CC(C)OC(=O)OCOCC1=C(O)C(O)[C@](C#N)(n2ccc(=O)[nH]c2=O)O1. The number of aliphatic hydroxyl groups excluding tert-OH is 2. The van der Waals surface area contributed by atoms with Crippen LogP contribution < -0.4 is 11.2 Å². The molecule has 0 bridgehead atoms. The highest BCUT2D eigenvalue weighted by atomic mass is 16.8. The number of carbonyl (C=O) groups excluding carboxylic acids is 1. The highest BCUT2D eigenvalue weighted by molar-refractivity contribution is 5.59. The van der Waals surface area contributed by atoms with Gasteiger partial charge in [-0.1, -0.05) is 0 Å². The predicted molar refractivity (Wildman–Crippen MR) is 85.2 cm³/mol. The van der Waals surface area contributed by atoms with Gasteiger partial charge in [-0.2, -0.15) is 5.26 Å². The Hall–Kier alpha value is -3.30. The van der Waals surface area contributed by atoms with Gasteiger partial charge in [0.2, 0.25) is 0 Å². The van der Waals surface area contributed by atoms with Gasteiger partial charge in [-0.05, 0) is 13.8 Å². The molecular weight excluding hydrogens is 366 g/mol. The molecule has 1 unspecified atom stereocenters. The van der Waals surface area contributed by atoms with Gasteiger partial charge in [0, 0.05) is 12.3 Å². The molecule has 12 nitrogen and oxygen atoms in total. The van der Waals surface area contributed by atoms with E-state index in [-0.39, 0.29) is 11.9 Å². The fraction of sp³-hybridized carbons (Fsp3) is 0.467. The first-order valence-corrected chi connectivity index (χ1v) is 7.65. The number of nitrogens with one attached hydrogen (secondary N) is 1. The second kappa shape index (κ2) is 7.94. The predicted octanol–water partition coefficient (Wildman–Crippen LogP) is -0.591. The number of aliphatic hydroxyl groups is 2. The number of nitriles is 1. The smallest absolute Gasteiger partial charge is 0.506 e. The van der Waals surface area contributed by atoms with Crippen molar-refractivity contribution >= 4 is 6.16 Å². The molecule has 0 aliphatic carbocycles. The molecule has 1 aliphatic rings. The van der Waals surface area contributed by atoms with Gasteiger partial charge in [-0.3, -0.25) is 9.78 Å². The molecule has 0 fully saturated rings. The number of hydrogen-bond acceptors (Lipinski definition) is 10. The highest BCUT2D eigenvalue weighted by Gasteiger charge is 2.53. The molecule has 2 atom stereocenters. The Morgan fingerprint density at radius 1 is 1.52 bits per heavy atom. The topological polar surface area (TPSA) is 173 Å². The van der Waals surface area contributed by atoms with Crippen molar-refractivity contribution in [2.75, 3.05) is 13.4 Å². The van der Waals surface area contributed by atoms with Gasteiger partial charge < -0.3 is 29.2 Å². The van der Waals surface area contributed by atoms with Crippen LogP contribution in [0.15, 0.2) is 33.4 Å². The lowest BCUT2D eigenvalue weighted by atomic mass is 10.1. The minimum atomic E-state index is -2.35. The number of aromatic nitrogens is 2. The summed E-state index contributed by atoms with van der Waals surface area (Å²) in [5.74, 6) is -1.11. The van der Waals surface area contributed by atoms with E-state index in [1.807, 2.05) is 4.98 Å². The van der Waals surface area contributed by atoms with E-state index < -0.39 is 48.4 Å². The summed E-state index contributed by atoms with van der Waals surface area (Å²) in [5.41, 5.74) is -4.09. The highest BCUT2D eigenvalue weighted by Crippen LogP contribution is 2.36. The average molecular weight is 383 g/mol. The largest absolute Gasteiger partial charge is 0.510 e. The van der Waals surface area contributed by atoms with E-state index in [9.17, 15) is 29.9 Å². The van der Waals surface area contributed by atoms with Crippen molar-refractivity contribution in [2.24, 2.45) is 0 Å². The maximum Gasteiger partial charge on any atom is 0.510 e. The summed E-state index contributed by atoms with van der Waals surface area (Å²) in [5, 5.41) is 29.7. The Morgan fingerprint density at radius 3 is 2.81 bits per heavy atom. The average Bonchev–Trinajstić information content (AvgIpc) is 2.83. The van der Waals surface area contributed by atoms with Crippen LogP contribution in [0.2, 0.25) is 0 Å². The van der Waals surface area contributed by atoms with E-state index in [0.29, 0.717) is 4.57 Å². The molecular formula is C15H17N3O9. The minimum absolute atomic E-state index is 0.358. The lowest BCUT2D eigenvalue weighted by molar-refractivity contribution is -0.0924. The fourth-order valence-corrected chi connectivity index (χ4v) is 2.19. The summed E-state index contributed by atoms with van der Waals surface area (Å²) in [7, 11) is 0. The van der Waals surface area contributed by atoms with Gasteiger partial charge in [0.05, 0.1) is 6.10 Å². The second-order valence-electron chi connectivity index (χ2n) is 5.63. The third-order valence-corrected chi connectivity index (χ3v) is 3.36. The molecule has 0 aromatic carbocycles. The van der Waals surface area contributed by atoms with Crippen LogP contribution in [-0.4, -0.2) is 51.5 Å². The molecule has 0 spiro atoms. The fourth-order valence-electron chi connectivity index (χ4n) is 2.19. The monoisotopic (exact) mass is 383 g/mol. The molecule has 0 saturated carbocycles. The first-order valence-electron chi connectivity index (χ1n) is 7.65. The third-order valence-electron chi connectivity index (χ3n) is 3.36. The van der Waals surface area contributed by atoms with Gasteiger partial charge in [0.25, 0.3) is 5.56 Å². The van der Waals surface area contributed by atoms with Gasteiger partial charge >= 0.3 is 17.6 Å². The van der Waals surface area contributed by atoms with Crippen molar-refractivity contribution < 1.29 is 34.0 Å². The lowest BCUT2D eigenvalue weighted by Crippen LogP contribution is -2.49. The van der Waals surface area contributed by atoms with Gasteiger partial charge in [0.1, 0.15) is 12.7 Å². The molecule has 2 heterocycles.